The van der Waals surface area contributed by atoms with E-state index >= 15 is 0 Å². The Bertz CT molecular complexity index is 148. The van der Waals surface area contributed by atoms with Crippen LogP contribution in [0, 0.1) is 5.92 Å². The Balaban J connectivity index is 4.13. The van der Waals surface area contributed by atoms with Crippen molar-refractivity contribution in [3.63, 3.8) is 0 Å². The van der Waals surface area contributed by atoms with E-state index in [1.807, 2.05) is 6.92 Å². The third kappa shape index (κ3) is 3.40. The Hall–Kier alpha value is -0.530. The smallest absolute Gasteiger partial charge is 0.247 e. The predicted octanol–water partition coefficient (Wildman–Crippen LogP) is 3.27. The summed E-state index contributed by atoms with van der Waals surface area (Å²) in [5.41, 5.74) is 0. The lowest BCUT2D eigenvalue weighted by molar-refractivity contribution is -0.129. The lowest BCUT2D eigenvalue weighted by Crippen LogP contribution is -2.28. The summed E-state index contributed by atoms with van der Waals surface area (Å²) in [6, 6.07) is 0. The molecular formula is C9H17FO. The Morgan fingerprint density at radius 2 is 2.00 bits per heavy atom. The summed E-state index contributed by atoms with van der Waals surface area (Å²) in [5, 5.41) is 0. The molecular weight excluding hydrogens is 143 g/mol. The maximum atomic E-state index is 13.4. The molecule has 0 aromatic rings. The Morgan fingerprint density at radius 3 is 2.27 bits per heavy atom. The van der Waals surface area contributed by atoms with Gasteiger partial charge in [0.1, 0.15) is 0 Å². The average molecular weight is 160 g/mol. The third-order valence-corrected chi connectivity index (χ3v) is 1.80. The van der Waals surface area contributed by atoms with Gasteiger partial charge in [-0.2, -0.15) is 4.39 Å². The summed E-state index contributed by atoms with van der Waals surface area (Å²) in [6.45, 7) is 8.61. The number of rotatable bonds is 3. The van der Waals surface area contributed by atoms with E-state index in [2.05, 4.69) is 0 Å². The molecule has 0 saturated heterocycles. The second-order valence-electron chi connectivity index (χ2n) is 3.14. The van der Waals surface area contributed by atoms with Gasteiger partial charge in [-0.15, -0.1) is 0 Å². The van der Waals surface area contributed by atoms with Gasteiger partial charge < -0.3 is 4.74 Å². The molecule has 2 heteroatoms. The van der Waals surface area contributed by atoms with Crippen molar-refractivity contribution in [2.24, 2.45) is 5.92 Å². The van der Waals surface area contributed by atoms with Crippen LogP contribution in [0.15, 0.2) is 11.8 Å². The zero-order valence-corrected chi connectivity index (χ0v) is 7.94. The maximum absolute atomic E-state index is 13.4. The summed E-state index contributed by atoms with van der Waals surface area (Å²) in [6.07, 6.45) is 1.75. The molecule has 1 nitrogen and oxygen atoms in total. The Morgan fingerprint density at radius 1 is 1.55 bits per heavy atom. The second kappa shape index (κ2) is 3.74. The Kier molecular flexibility index (Phi) is 3.56. The van der Waals surface area contributed by atoms with Crippen molar-refractivity contribution < 1.29 is 9.13 Å². The van der Waals surface area contributed by atoms with Crippen molar-refractivity contribution in [2.45, 2.75) is 40.5 Å². The van der Waals surface area contributed by atoms with Gasteiger partial charge in [0, 0.05) is 12.8 Å². The zero-order valence-electron chi connectivity index (χ0n) is 7.94. The lowest BCUT2D eigenvalue weighted by Gasteiger charge is -2.26. The molecule has 0 amide bonds. The largest absolute Gasteiger partial charge is 0.463 e. The van der Waals surface area contributed by atoms with Gasteiger partial charge in [0.15, 0.2) is 0 Å². The van der Waals surface area contributed by atoms with Gasteiger partial charge >= 0.3 is 0 Å². The fraction of sp³-hybridized carbons (Fsp3) is 0.778. The van der Waals surface area contributed by atoms with Crippen molar-refractivity contribution >= 4 is 0 Å². The van der Waals surface area contributed by atoms with Crippen LogP contribution in [0.3, 0.4) is 0 Å². The van der Waals surface area contributed by atoms with Crippen LogP contribution < -0.4 is 0 Å². The van der Waals surface area contributed by atoms with Crippen LogP contribution in [-0.4, -0.2) is 5.85 Å². The highest BCUT2D eigenvalue weighted by atomic mass is 19.2. The summed E-state index contributed by atoms with van der Waals surface area (Å²) < 4.78 is 18.4. The molecule has 0 aromatic heterocycles. The van der Waals surface area contributed by atoms with Crippen LogP contribution in [-0.2, 0) is 4.74 Å². The number of allylic oxidation sites excluding steroid dienone is 2. The molecule has 0 rings (SSSR count). The average Bonchev–Trinajstić information content (AvgIpc) is 1.86. The molecule has 0 spiro atoms. The SMILES string of the molecule is CC=C(C)OC(C)(F)C(C)C. The lowest BCUT2D eigenvalue weighted by atomic mass is 10.1. The van der Waals surface area contributed by atoms with E-state index in [0.717, 1.165) is 0 Å². The van der Waals surface area contributed by atoms with Crippen molar-refractivity contribution in [2.75, 3.05) is 0 Å². The minimum atomic E-state index is -1.55. The normalized spacial score (nSPS) is 18.3. The van der Waals surface area contributed by atoms with Gasteiger partial charge in [-0.05, 0) is 19.9 Å². The molecule has 0 aliphatic carbocycles. The number of halogens is 1. The van der Waals surface area contributed by atoms with Gasteiger partial charge in [-0.1, -0.05) is 13.8 Å². The number of hydrogen-bond acceptors (Lipinski definition) is 1. The molecule has 1 atom stereocenters. The summed E-state index contributed by atoms with van der Waals surface area (Å²) in [5.74, 6) is -1.04. The molecule has 0 aromatic carbocycles. The maximum Gasteiger partial charge on any atom is 0.247 e. The summed E-state index contributed by atoms with van der Waals surface area (Å²) in [7, 11) is 0. The third-order valence-electron chi connectivity index (χ3n) is 1.80. The van der Waals surface area contributed by atoms with Gasteiger partial charge in [-0.25, -0.2) is 0 Å². The zero-order chi connectivity index (χ0) is 9.07. The van der Waals surface area contributed by atoms with Gasteiger partial charge in [0.2, 0.25) is 5.85 Å². The summed E-state index contributed by atoms with van der Waals surface area (Å²) >= 11 is 0. The molecule has 0 fully saturated rings. The predicted molar refractivity (Wildman–Crippen MR) is 44.9 cm³/mol. The first kappa shape index (κ1) is 10.5. The van der Waals surface area contributed by atoms with E-state index in [9.17, 15) is 4.39 Å². The fourth-order valence-corrected chi connectivity index (χ4v) is 0.492. The highest BCUT2D eigenvalue weighted by Gasteiger charge is 2.29. The van der Waals surface area contributed by atoms with Crippen LogP contribution in [0.1, 0.15) is 34.6 Å². The van der Waals surface area contributed by atoms with Crippen molar-refractivity contribution in [3.05, 3.63) is 11.8 Å². The van der Waals surface area contributed by atoms with Crippen LogP contribution in [0.4, 0.5) is 4.39 Å². The highest BCUT2D eigenvalue weighted by Crippen LogP contribution is 2.25. The minimum absolute atomic E-state index is 0.127. The monoisotopic (exact) mass is 160 g/mol. The first-order valence-corrected chi connectivity index (χ1v) is 3.91. The molecule has 0 bridgehead atoms. The van der Waals surface area contributed by atoms with Gasteiger partial charge in [-0.3, -0.25) is 0 Å². The summed E-state index contributed by atoms with van der Waals surface area (Å²) in [4.78, 5) is 0. The Labute approximate surface area is 68.2 Å². The molecule has 0 radical (unpaired) electrons. The van der Waals surface area contributed by atoms with Gasteiger partial charge in [0.25, 0.3) is 0 Å². The molecule has 0 saturated carbocycles. The molecule has 1 unspecified atom stereocenters. The first-order chi connectivity index (χ1) is 4.90. The molecule has 0 N–H and O–H groups in total. The van der Waals surface area contributed by atoms with E-state index in [-0.39, 0.29) is 5.92 Å². The molecule has 66 valence electrons. The van der Waals surface area contributed by atoms with E-state index in [1.54, 1.807) is 26.8 Å². The molecule has 0 aliphatic heterocycles. The van der Waals surface area contributed by atoms with Crippen molar-refractivity contribution in [1.29, 1.82) is 0 Å². The van der Waals surface area contributed by atoms with E-state index in [1.165, 1.54) is 6.92 Å². The van der Waals surface area contributed by atoms with E-state index < -0.39 is 5.85 Å². The van der Waals surface area contributed by atoms with Crippen molar-refractivity contribution in [3.8, 4) is 0 Å². The van der Waals surface area contributed by atoms with Crippen LogP contribution in [0.25, 0.3) is 0 Å². The van der Waals surface area contributed by atoms with E-state index in [0.29, 0.717) is 5.76 Å². The number of alkyl halides is 1. The van der Waals surface area contributed by atoms with Crippen LogP contribution in [0.2, 0.25) is 0 Å². The van der Waals surface area contributed by atoms with Crippen molar-refractivity contribution in [1.82, 2.24) is 0 Å². The number of hydrogen-bond donors (Lipinski definition) is 0. The quantitative estimate of drug-likeness (QED) is 0.576. The molecule has 11 heavy (non-hydrogen) atoms. The number of ether oxygens (including phenoxy) is 1. The minimum Gasteiger partial charge on any atom is -0.463 e. The molecule has 0 aliphatic rings. The standard InChI is InChI=1S/C9H17FO/c1-6-8(4)11-9(5,10)7(2)3/h6-7H,1-5H3. The van der Waals surface area contributed by atoms with Crippen LogP contribution >= 0.6 is 0 Å². The highest BCUT2D eigenvalue weighted by molar-refractivity contribution is 4.87. The second-order valence-corrected chi connectivity index (χ2v) is 3.14. The van der Waals surface area contributed by atoms with Gasteiger partial charge in [0.05, 0.1) is 5.76 Å². The van der Waals surface area contributed by atoms with Crippen LogP contribution in [0.5, 0.6) is 0 Å². The fourth-order valence-electron chi connectivity index (χ4n) is 0.492. The topological polar surface area (TPSA) is 9.23 Å². The van der Waals surface area contributed by atoms with E-state index in [4.69, 9.17) is 4.74 Å². The molecule has 0 heterocycles. The first-order valence-electron chi connectivity index (χ1n) is 3.91.